The molecule has 0 N–H and O–H groups in total. The molecule has 1 aromatic rings. The topological polar surface area (TPSA) is 26.3 Å². The van der Waals surface area contributed by atoms with Gasteiger partial charge in [-0.3, -0.25) is 4.79 Å². The third kappa shape index (κ3) is 3.80. The number of ether oxygens (including phenoxy) is 1. The summed E-state index contributed by atoms with van der Waals surface area (Å²) in [6.45, 7) is 2.46. The molecule has 0 heterocycles. The van der Waals surface area contributed by atoms with E-state index >= 15 is 0 Å². The third-order valence-electron chi connectivity index (χ3n) is 1.86. The molecule has 1 aromatic carbocycles. The van der Waals surface area contributed by atoms with Crippen LogP contribution in [0.3, 0.4) is 0 Å². The Bertz CT molecular complexity index is 341. The first-order valence-corrected chi connectivity index (χ1v) is 5.97. The van der Waals surface area contributed by atoms with Gasteiger partial charge in [-0.25, -0.2) is 0 Å². The molecule has 0 spiro atoms. The molecule has 0 amide bonds. The maximum absolute atomic E-state index is 11.5. The summed E-state index contributed by atoms with van der Waals surface area (Å²) in [5.41, 5.74) is 0.684. The normalized spacial score (nSPS) is 10.5. The van der Waals surface area contributed by atoms with E-state index < -0.39 is 0 Å². The van der Waals surface area contributed by atoms with E-state index in [0.29, 0.717) is 12.2 Å². The second-order valence-corrected chi connectivity index (χ2v) is 3.73. The third-order valence-corrected chi connectivity index (χ3v) is 2.60. The van der Waals surface area contributed by atoms with Crippen molar-refractivity contribution in [3.8, 4) is 0 Å². The lowest BCUT2D eigenvalue weighted by Crippen LogP contribution is -1.94. The fraction of sp³-hybridized carbons (Fsp3) is 0.250. The highest BCUT2D eigenvalue weighted by molar-refractivity contribution is 7.98. The molecule has 0 saturated heterocycles. The van der Waals surface area contributed by atoms with Crippen LogP contribution >= 0.6 is 11.8 Å². The van der Waals surface area contributed by atoms with Crippen molar-refractivity contribution in [2.75, 3.05) is 12.9 Å². The monoisotopic (exact) mass is 222 g/mol. The van der Waals surface area contributed by atoms with Crippen molar-refractivity contribution < 1.29 is 9.53 Å². The van der Waals surface area contributed by atoms with Crippen LogP contribution in [0, 0.1) is 0 Å². The zero-order valence-corrected chi connectivity index (χ0v) is 9.71. The molecule has 0 bridgehead atoms. The molecule has 0 fully saturated rings. The van der Waals surface area contributed by atoms with Crippen LogP contribution in [-0.4, -0.2) is 18.6 Å². The Balaban J connectivity index is 2.66. The first-order chi connectivity index (χ1) is 7.27. The Hall–Kier alpha value is -1.22. The van der Waals surface area contributed by atoms with Gasteiger partial charge in [0.25, 0.3) is 0 Å². The summed E-state index contributed by atoms with van der Waals surface area (Å²) in [6.07, 6.45) is 4.88. The van der Waals surface area contributed by atoms with E-state index in [1.807, 2.05) is 37.4 Å². The minimum Gasteiger partial charge on any atom is -0.501 e. The van der Waals surface area contributed by atoms with Gasteiger partial charge in [0, 0.05) is 16.5 Å². The number of hydrogen-bond acceptors (Lipinski definition) is 3. The predicted molar refractivity (Wildman–Crippen MR) is 63.3 cm³/mol. The average molecular weight is 222 g/mol. The molecule has 0 aliphatic carbocycles. The van der Waals surface area contributed by atoms with Gasteiger partial charge in [-0.15, -0.1) is 11.8 Å². The lowest BCUT2D eigenvalue weighted by Gasteiger charge is -1.98. The van der Waals surface area contributed by atoms with Crippen molar-refractivity contribution in [3.63, 3.8) is 0 Å². The van der Waals surface area contributed by atoms with Crippen LogP contribution in [0.15, 0.2) is 41.5 Å². The van der Waals surface area contributed by atoms with Gasteiger partial charge in [-0.1, -0.05) is 0 Å². The van der Waals surface area contributed by atoms with Crippen LogP contribution < -0.4 is 0 Å². The number of hydrogen-bond donors (Lipinski definition) is 0. The number of allylic oxidation sites excluding steroid dienone is 1. The summed E-state index contributed by atoms with van der Waals surface area (Å²) in [5.74, 6) is -0.0314. The van der Waals surface area contributed by atoms with Crippen molar-refractivity contribution in [1.82, 2.24) is 0 Å². The molecular weight excluding hydrogens is 208 g/mol. The fourth-order valence-electron chi connectivity index (χ4n) is 1.06. The summed E-state index contributed by atoms with van der Waals surface area (Å²) in [7, 11) is 0. The van der Waals surface area contributed by atoms with Crippen molar-refractivity contribution in [2.45, 2.75) is 11.8 Å². The molecule has 0 saturated carbocycles. The predicted octanol–water partition coefficient (Wildman–Crippen LogP) is 3.14. The van der Waals surface area contributed by atoms with Gasteiger partial charge in [-0.05, 0) is 37.4 Å². The Morgan fingerprint density at radius 1 is 1.40 bits per heavy atom. The Labute approximate surface area is 94.3 Å². The van der Waals surface area contributed by atoms with E-state index in [9.17, 15) is 4.79 Å². The van der Waals surface area contributed by atoms with Crippen molar-refractivity contribution in [1.29, 1.82) is 0 Å². The maximum Gasteiger partial charge on any atom is 0.188 e. The molecular formula is C12H14O2S. The summed E-state index contributed by atoms with van der Waals surface area (Å²) in [6, 6.07) is 7.52. The molecule has 15 heavy (non-hydrogen) atoms. The Morgan fingerprint density at radius 2 is 2.07 bits per heavy atom. The highest BCUT2D eigenvalue weighted by Gasteiger charge is 2.00. The van der Waals surface area contributed by atoms with E-state index in [1.165, 1.54) is 12.3 Å². The number of ketones is 1. The van der Waals surface area contributed by atoms with Crippen LogP contribution in [-0.2, 0) is 4.74 Å². The van der Waals surface area contributed by atoms with Crippen molar-refractivity contribution in [3.05, 3.63) is 42.2 Å². The van der Waals surface area contributed by atoms with Gasteiger partial charge >= 0.3 is 0 Å². The molecule has 0 unspecified atom stereocenters. The highest BCUT2D eigenvalue weighted by Crippen LogP contribution is 2.15. The molecule has 0 radical (unpaired) electrons. The average Bonchev–Trinajstić information content (AvgIpc) is 2.29. The van der Waals surface area contributed by atoms with Gasteiger partial charge in [0.05, 0.1) is 12.9 Å². The van der Waals surface area contributed by atoms with Crippen LogP contribution in [0.25, 0.3) is 0 Å². The smallest absolute Gasteiger partial charge is 0.188 e. The van der Waals surface area contributed by atoms with E-state index in [1.54, 1.807) is 11.8 Å². The summed E-state index contributed by atoms with van der Waals surface area (Å²) in [4.78, 5) is 12.7. The van der Waals surface area contributed by atoms with E-state index in [4.69, 9.17) is 4.74 Å². The highest BCUT2D eigenvalue weighted by atomic mass is 32.2. The molecule has 0 aromatic heterocycles. The molecule has 3 heteroatoms. The minimum absolute atomic E-state index is 0.0314. The van der Waals surface area contributed by atoms with E-state index in [0.717, 1.165) is 4.90 Å². The largest absolute Gasteiger partial charge is 0.501 e. The number of carbonyl (C=O) groups is 1. The molecule has 0 aliphatic heterocycles. The first-order valence-electron chi connectivity index (χ1n) is 4.74. The van der Waals surface area contributed by atoms with Crippen LogP contribution in [0.5, 0.6) is 0 Å². The number of rotatable bonds is 5. The van der Waals surface area contributed by atoms with Crippen molar-refractivity contribution >= 4 is 17.5 Å². The van der Waals surface area contributed by atoms with Gasteiger partial charge in [-0.2, -0.15) is 0 Å². The molecule has 1 rings (SSSR count). The fourth-order valence-corrected chi connectivity index (χ4v) is 1.47. The summed E-state index contributed by atoms with van der Waals surface area (Å²) >= 11 is 1.66. The molecule has 0 atom stereocenters. The van der Waals surface area contributed by atoms with E-state index in [2.05, 4.69) is 0 Å². The summed E-state index contributed by atoms with van der Waals surface area (Å²) < 4.78 is 4.97. The van der Waals surface area contributed by atoms with Crippen molar-refractivity contribution in [2.24, 2.45) is 0 Å². The molecule has 80 valence electrons. The van der Waals surface area contributed by atoms with E-state index in [-0.39, 0.29) is 5.78 Å². The first kappa shape index (κ1) is 11.9. The lowest BCUT2D eigenvalue weighted by atomic mass is 10.1. The van der Waals surface area contributed by atoms with Crippen LogP contribution in [0.4, 0.5) is 0 Å². The second-order valence-electron chi connectivity index (χ2n) is 2.85. The van der Waals surface area contributed by atoms with Gasteiger partial charge in [0.15, 0.2) is 5.78 Å². The number of benzene rings is 1. The lowest BCUT2D eigenvalue weighted by molar-refractivity contribution is 0.104. The Morgan fingerprint density at radius 3 is 2.60 bits per heavy atom. The second kappa shape index (κ2) is 6.30. The number of carbonyl (C=O) groups excluding carboxylic acids is 1. The minimum atomic E-state index is -0.0314. The van der Waals surface area contributed by atoms with Gasteiger partial charge < -0.3 is 4.74 Å². The van der Waals surface area contributed by atoms with Gasteiger partial charge in [0.1, 0.15) is 0 Å². The summed E-state index contributed by atoms with van der Waals surface area (Å²) in [5, 5.41) is 0. The zero-order chi connectivity index (χ0) is 11.1. The molecule has 0 aliphatic rings. The molecule has 2 nitrogen and oxygen atoms in total. The maximum atomic E-state index is 11.5. The number of thioether (sulfide) groups is 1. The Kier molecular flexibility index (Phi) is 4.98. The zero-order valence-electron chi connectivity index (χ0n) is 8.90. The SMILES string of the molecule is CCOC=CC(=O)c1ccc(SC)cc1. The van der Waals surface area contributed by atoms with Crippen LogP contribution in [0.1, 0.15) is 17.3 Å². The standard InChI is InChI=1S/C12H14O2S/c1-3-14-9-8-12(13)10-4-6-11(15-2)7-5-10/h4-9H,3H2,1-2H3. The van der Waals surface area contributed by atoms with Gasteiger partial charge in [0.2, 0.25) is 0 Å². The quantitative estimate of drug-likeness (QED) is 0.331. The van der Waals surface area contributed by atoms with Crippen LogP contribution in [0.2, 0.25) is 0 Å².